The van der Waals surface area contributed by atoms with Gasteiger partial charge in [-0.3, -0.25) is 0 Å². The smallest absolute Gasteiger partial charge is 0.184 e. The third-order valence-electron chi connectivity index (χ3n) is 1.98. The summed E-state index contributed by atoms with van der Waals surface area (Å²) in [6.07, 6.45) is 4.18. The molecule has 80 valence electrons. The first-order chi connectivity index (χ1) is 7.24. The molecule has 2 aromatic heterocycles. The summed E-state index contributed by atoms with van der Waals surface area (Å²) in [7, 11) is 0. The monoisotopic (exact) mass is 223 g/mol. The van der Waals surface area contributed by atoms with Gasteiger partial charge in [0.25, 0.3) is 0 Å². The predicted octanol–water partition coefficient (Wildman–Crippen LogP) is 2.36. The molecule has 0 aliphatic rings. The van der Waals surface area contributed by atoms with Crippen molar-refractivity contribution < 1.29 is 4.42 Å². The number of nitrogens with two attached hydrogens (primary N) is 1. The topological polar surface area (TPSA) is 64.1 Å². The van der Waals surface area contributed by atoms with Gasteiger partial charge in [-0.2, -0.15) is 0 Å². The Balaban J connectivity index is 1.90. The van der Waals surface area contributed by atoms with Crippen molar-refractivity contribution in [2.24, 2.45) is 0 Å². The quantitative estimate of drug-likeness (QED) is 0.835. The molecule has 0 bridgehead atoms. The average Bonchev–Trinajstić information content (AvgIpc) is 2.77. The molecule has 0 aliphatic heterocycles. The van der Waals surface area contributed by atoms with Crippen molar-refractivity contribution in [3.8, 4) is 0 Å². The zero-order valence-electron chi connectivity index (χ0n) is 8.43. The lowest BCUT2D eigenvalue weighted by atomic mass is 10.2. The zero-order chi connectivity index (χ0) is 10.7. The standard InChI is InChI=1S/C10H13N3OS/c1-7(5-8-3-2-4-14-8)13-10-12-6-9(11)15-10/h2-4,6-7H,5,11H2,1H3,(H,12,13). The van der Waals surface area contributed by atoms with Gasteiger partial charge in [-0.1, -0.05) is 11.3 Å². The summed E-state index contributed by atoms with van der Waals surface area (Å²) in [5.41, 5.74) is 5.59. The van der Waals surface area contributed by atoms with Crippen molar-refractivity contribution >= 4 is 21.5 Å². The molecule has 3 N–H and O–H groups in total. The minimum Gasteiger partial charge on any atom is -0.469 e. The maximum Gasteiger partial charge on any atom is 0.184 e. The predicted molar refractivity (Wildman–Crippen MR) is 62.0 cm³/mol. The molecule has 0 aromatic carbocycles. The van der Waals surface area contributed by atoms with Crippen molar-refractivity contribution in [3.05, 3.63) is 30.4 Å². The van der Waals surface area contributed by atoms with Gasteiger partial charge in [0.05, 0.1) is 12.5 Å². The van der Waals surface area contributed by atoms with E-state index in [9.17, 15) is 0 Å². The minimum absolute atomic E-state index is 0.279. The number of furan rings is 1. The van der Waals surface area contributed by atoms with Crippen molar-refractivity contribution in [1.29, 1.82) is 0 Å². The molecule has 0 spiro atoms. The first kappa shape index (κ1) is 10.0. The summed E-state index contributed by atoms with van der Waals surface area (Å²) in [5, 5.41) is 4.85. The van der Waals surface area contributed by atoms with Crippen LogP contribution in [0.25, 0.3) is 0 Å². The lowest BCUT2D eigenvalue weighted by molar-refractivity contribution is 0.498. The van der Waals surface area contributed by atoms with Crippen LogP contribution in [0.2, 0.25) is 0 Å². The second kappa shape index (κ2) is 4.35. The van der Waals surface area contributed by atoms with E-state index in [1.54, 1.807) is 12.5 Å². The summed E-state index contributed by atoms with van der Waals surface area (Å²) in [5.74, 6) is 0.972. The van der Waals surface area contributed by atoms with Gasteiger partial charge in [0, 0.05) is 12.5 Å². The average molecular weight is 223 g/mol. The first-order valence-corrected chi connectivity index (χ1v) is 5.56. The van der Waals surface area contributed by atoms with Crippen LogP contribution < -0.4 is 11.1 Å². The van der Waals surface area contributed by atoms with Gasteiger partial charge in [0.15, 0.2) is 5.13 Å². The van der Waals surface area contributed by atoms with Crippen LogP contribution in [0.3, 0.4) is 0 Å². The lowest BCUT2D eigenvalue weighted by Crippen LogP contribution is -2.17. The molecular formula is C10H13N3OS. The highest BCUT2D eigenvalue weighted by atomic mass is 32.1. The summed E-state index contributed by atoms with van der Waals surface area (Å²) in [6, 6.07) is 4.14. The molecule has 0 fully saturated rings. The van der Waals surface area contributed by atoms with E-state index < -0.39 is 0 Å². The number of nitrogens with zero attached hydrogens (tertiary/aromatic N) is 1. The van der Waals surface area contributed by atoms with E-state index in [0.717, 1.165) is 22.3 Å². The Hall–Kier alpha value is -1.49. The molecule has 0 aliphatic carbocycles. The number of anilines is 2. The number of hydrogen-bond acceptors (Lipinski definition) is 5. The molecule has 4 nitrogen and oxygen atoms in total. The maximum atomic E-state index is 5.59. The van der Waals surface area contributed by atoms with E-state index >= 15 is 0 Å². The third kappa shape index (κ3) is 2.73. The van der Waals surface area contributed by atoms with Gasteiger partial charge < -0.3 is 15.5 Å². The molecule has 2 rings (SSSR count). The van der Waals surface area contributed by atoms with E-state index in [1.165, 1.54) is 11.3 Å². The first-order valence-electron chi connectivity index (χ1n) is 4.74. The molecule has 15 heavy (non-hydrogen) atoms. The summed E-state index contributed by atoms with van der Waals surface area (Å²) >= 11 is 1.45. The van der Waals surface area contributed by atoms with Crippen LogP contribution in [0.15, 0.2) is 29.0 Å². The van der Waals surface area contributed by atoms with Gasteiger partial charge in [-0.05, 0) is 19.1 Å². The number of hydrogen-bond donors (Lipinski definition) is 2. The summed E-state index contributed by atoms with van der Waals surface area (Å²) in [4.78, 5) is 4.14. The summed E-state index contributed by atoms with van der Waals surface area (Å²) in [6.45, 7) is 2.08. The molecule has 1 atom stereocenters. The zero-order valence-corrected chi connectivity index (χ0v) is 9.25. The molecule has 1 unspecified atom stereocenters. The van der Waals surface area contributed by atoms with Crippen LogP contribution >= 0.6 is 11.3 Å². The van der Waals surface area contributed by atoms with Gasteiger partial charge in [-0.25, -0.2) is 4.98 Å². The van der Waals surface area contributed by atoms with E-state index in [4.69, 9.17) is 10.2 Å². The van der Waals surface area contributed by atoms with Crippen LogP contribution in [0.4, 0.5) is 10.1 Å². The third-order valence-corrected chi connectivity index (χ3v) is 2.74. The molecular weight excluding hydrogens is 210 g/mol. The van der Waals surface area contributed by atoms with Crippen molar-refractivity contribution in [3.63, 3.8) is 0 Å². The van der Waals surface area contributed by atoms with E-state index in [2.05, 4.69) is 17.2 Å². The molecule has 0 amide bonds. The van der Waals surface area contributed by atoms with E-state index in [1.807, 2.05) is 12.1 Å². The molecule has 0 saturated heterocycles. The SMILES string of the molecule is CC(Cc1ccco1)Nc1ncc(N)s1. The molecule has 0 radical (unpaired) electrons. The second-order valence-corrected chi connectivity index (χ2v) is 4.46. The highest BCUT2D eigenvalue weighted by Crippen LogP contribution is 2.20. The van der Waals surface area contributed by atoms with E-state index in [-0.39, 0.29) is 6.04 Å². The number of thiazole rings is 1. The van der Waals surface area contributed by atoms with Crippen LogP contribution in [0, 0.1) is 0 Å². The molecule has 0 saturated carbocycles. The van der Waals surface area contributed by atoms with Crippen molar-refractivity contribution in [2.75, 3.05) is 11.1 Å². The Bertz CT molecular complexity index is 410. The molecule has 2 heterocycles. The van der Waals surface area contributed by atoms with Crippen molar-refractivity contribution in [2.45, 2.75) is 19.4 Å². The largest absolute Gasteiger partial charge is 0.469 e. The Kier molecular flexibility index (Phi) is 2.91. The van der Waals surface area contributed by atoms with Gasteiger partial charge in [0.1, 0.15) is 10.8 Å². The maximum absolute atomic E-state index is 5.59. The fraction of sp³-hybridized carbons (Fsp3) is 0.300. The van der Waals surface area contributed by atoms with Crippen molar-refractivity contribution in [1.82, 2.24) is 4.98 Å². The van der Waals surface area contributed by atoms with Gasteiger partial charge in [-0.15, -0.1) is 0 Å². The number of rotatable bonds is 4. The van der Waals surface area contributed by atoms with Crippen LogP contribution in [-0.4, -0.2) is 11.0 Å². The highest BCUT2D eigenvalue weighted by Gasteiger charge is 2.07. The number of aromatic nitrogens is 1. The fourth-order valence-corrected chi connectivity index (χ4v) is 2.04. The van der Waals surface area contributed by atoms with Gasteiger partial charge in [0.2, 0.25) is 0 Å². The fourth-order valence-electron chi connectivity index (χ4n) is 1.35. The number of nitrogen functional groups attached to an aromatic ring is 1. The second-order valence-electron chi connectivity index (χ2n) is 3.40. The van der Waals surface area contributed by atoms with Crippen LogP contribution in [0.5, 0.6) is 0 Å². The minimum atomic E-state index is 0.279. The Labute approximate surface area is 92.1 Å². The molecule has 5 heteroatoms. The lowest BCUT2D eigenvalue weighted by Gasteiger charge is -2.10. The Morgan fingerprint density at radius 1 is 1.67 bits per heavy atom. The van der Waals surface area contributed by atoms with Crippen LogP contribution in [-0.2, 0) is 6.42 Å². The highest BCUT2D eigenvalue weighted by molar-refractivity contribution is 7.19. The molecule has 2 aromatic rings. The van der Waals surface area contributed by atoms with E-state index in [0.29, 0.717) is 0 Å². The van der Waals surface area contributed by atoms with Gasteiger partial charge >= 0.3 is 0 Å². The Morgan fingerprint density at radius 3 is 3.13 bits per heavy atom. The Morgan fingerprint density at radius 2 is 2.53 bits per heavy atom. The summed E-state index contributed by atoms with van der Waals surface area (Å²) < 4.78 is 5.27. The van der Waals surface area contributed by atoms with Crippen LogP contribution in [0.1, 0.15) is 12.7 Å². The number of nitrogens with one attached hydrogen (secondary N) is 1. The normalized spacial score (nSPS) is 12.6.